The number of rotatable bonds is 11. The Bertz CT molecular complexity index is 1310. The molecule has 12 heteroatoms. The summed E-state index contributed by atoms with van der Waals surface area (Å²) in [5.74, 6) is -5.37. The van der Waals surface area contributed by atoms with Gasteiger partial charge in [-0.2, -0.15) is 0 Å². The fraction of sp³-hybridized carbons (Fsp3) is 0.909. The van der Waals surface area contributed by atoms with Gasteiger partial charge in [-0.25, -0.2) is 0 Å². The molecule has 0 aromatic heterocycles. The van der Waals surface area contributed by atoms with Gasteiger partial charge in [0.15, 0.2) is 0 Å². The average Bonchev–Trinajstić information content (AvgIpc) is 3.03. The van der Waals surface area contributed by atoms with E-state index in [2.05, 4.69) is 104 Å². The van der Waals surface area contributed by atoms with Crippen LogP contribution in [0.1, 0.15) is 149 Å². The van der Waals surface area contributed by atoms with Gasteiger partial charge in [0, 0.05) is 95.7 Å². The van der Waals surface area contributed by atoms with Gasteiger partial charge in [-0.3, -0.25) is 19.2 Å². The van der Waals surface area contributed by atoms with Crippen LogP contribution < -0.4 is 21.3 Å². The topological polar surface area (TPSA) is 153 Å². The Balaban J connectivity index is 1.70. The molecule has 4 saturated heterocycles. The van der Waals surface area contributed by atoms with E-state index in [1.54, 1.807) is 0 Å². The summed E-state index contributed by atoms with van der Waals surface area (Å²) < 4.78 is 25.1. The highest BCUT2D eigenvalue weighted by Gasteiger charge is 2.48. The van der Waals surface area contributed by atoms with Gasteiger partial charge in [-0.1, -0.05) is 27.7 Å². The Morgan fingerprint density at radius 1 is 0.429 bits per heavy atom. The maximum atomic E-state index is 14.7. The van der Waals surface area contributed by atoms with Crippen LogP contribution in [0.2, 0.25) is 0 Å². The number of nitrogens with one attached hydrogen (secondary N) is 4. The highest BCUT2D eigenvalue weighted by atomic mass is 16.6. The van der Waals surface area contributed by atoms with Gasteiger partial charge >= 0.3 is 23.9 Å². The van der Waals surface area contributed by atoms with Crippen molar-refractivity contribution < 1.29 is 38.1 Å². The molecule has 14 atom stereocenters. The fourth-order valence-corrected chi connectivity index (χ4v) is 9.91. The van der Waals surface area contributed by atoms with E-state index in [0.717, 1.165) is 0 Å². The zero-order valence-corrected chi connectivity index (χ0v) is 37.6. The minimum atomic E-state index is -1.34. The Morgan fingerprint density at radius 2 is 0.643 bits per heavy atom. The largest absolute Gasteiger partial charge is 0.462 e. The maximum absolute atomic E-state index is 14.7. The third-order valence-electron chi connectivity index (χ3n) is 13.8. The highest BCUT2D eigenvalue weighted by molar-refractivity contribution is 5.89. The number of ether oxygens (including phenoxy) is 4. The van der Waals surface area contributed by atoms with Crippen molar-refractivity contribution in [3.63, 3.8) is 0 Å². The molecular weight excluding hydrogens is 713 g/mol. The van der Waals surface area contributed by atoms with Crippen molar-refractivity contribution in [1.82, 2.24) is 21.3 Å². The first-order valence-corrected chi connectivity index (χ1v) is 21.5. The summed E-state index contributed by atoms with van der Waals surface area (Å²) in [7, 11) is 0. The lowest BCUT2D eigenvalue weighted by molar-refractivity contribution is -0.180. The quantitative estimate of drug-likeness (QED) is 0.147. The van der Waals surface area contributed by atoms with Crippen LogP contribution in [0.25, 0.3) is 0 Å². The van der Waals surface area contributed by atoms with Crippen molar-refractivity contribution >= 4 is 23.9 Å². The number of piperidine rings is 4. The van der Waals surface area contributed by atoms with Gasteiger partial charge in [0.05, 0.1) is 24.7 Å². The molecule has 0 aromatic rings. The lowest BCUT2D eigenvalue weighted by atomic mass is 9.80. The van der Waals surface area contributed by atoms with Gasteiger partial charge < -0.3 is 40.2 Å². The van der Waals surface area contributed by atoms with Crippen LogP contribution >= 0.6 is 0 Å². The average molecular weight is 791 g/mol. The lowest BCUT2D eigenvalue weighted by Crippen LogP contribution is -2.59. The summed E-state index contributed by atoms with van der Waals surface area (Å²) in [4.78, 5) is 57.6. The first kappa shape index (κ1) is 46.4. The van der Waals surface area contributed by atoms with Gasteiger partial charge in [0.1, 0.15) is 24.4 Å². The zero-order chi connectivity index (χ0) is 42.3. The molecule has 0 amide bonds. The van der Waals surface area contributed by atoms with E-state index >= 15 is 0 Å². The Kier molecular flexibility index (Phi) is 14.5. The first-order valence-electron chi connectivity index (χ1n) is 21.5. The normalized spacial score (nSPS) is 38.6. The van der Waals surface area contributed by atoms with Crippen molar-refractivity contribution in [2.24, 2.45) is 35.5 Å². The van der Waals surface area contributed by atoms with Crippen LogP contribution in [0.4, 0.5) is 0 Å². The molecule has 4 fully saturated rings. The molecule has 4 aliphatic rings. The fourth-order valence-electron chi connectivity index (χ4n) is 9.91. The molecule has 0 aromatic carbocycles. The summed E-state index contributed by atoms with van der Waals surface area (Å²) in [5, 5.41) is 14.4. The number of hydrogen-bond donors (Lipinski definition) is 4. The predicted octanol–water partition coefficient (Wildman–Crippen LogP) is 5.83. The summed E-state index contributed by atoms with van der Waals surface area (Å²) in [5.41, 5.74) is -1.16. The van der Waals surface area contributed by atoms with Crippen molar-refractivity contribution in [1.29, 1.82) is 0 Å². The molecule has 0 saturated carbocycles. The SMILES string of the molecule is CC1NC(C)(C)CC(OC(=O)CC(C(=O)OC2CC(C)(C)NC(C)C2C)C(CC(=O)OC2CC(C)(C)NC(C)C2C)C(=O)OC2CC(C)(C)NC(C)C2C)C1C. The number of esters is 4. The van der Waals surface area contributed by atoms with Crippen molar-refractivity contribution in [3.05, 3.63) is 0 Å². The van der Waals surface area contributed by atoms with E-state index in [0.29, 0.717) is 25.7 Å². The molecule has 4 aliphatic heterocycles. The number of hydrogen-bond acceptors (Lipinski definition) is 12. The van der Waals surface area contributed by atoms with Gasteiger partial charge in [0.25, 0.3) is 0 Å². The highest BCUT2D eigenvalue weighted by Crippen LogP contribution is 2.37. The second-order valence-corrected chi connectivity index (χ2v) is 21.1. The Morgan fingerprint density at radius 3 is 0.875 bits per heavy atom. The van der Waals surface area contributed by atoms with Crippen molar-refractivity contribution in [3.8, 4) is 0 Å². The van der Waals surface area contributed by atoms with Crippen molar-refractivity contribution in [2.75, 3.05) is 0 Å². The number of carbonyl (C=O) groups excluding carboxylic acids is 4. The van der Waals surface area contributed by atoms with E-state index < -0.39 is 73.0 Å². The molecule has 4 N–H and O–H groups in total. The minimum Gasteiger partial charge on any atom is -0.462 e. The lowest BCUT2D eigenvalue weighted by Gasteiger charge is -2.45. The maximum Gasteiger partial charge on any atom is 0.310 e. The van der Waals surface area contributed by atoms with Gasteiger partial charge in [-0.15, -0.1) is 0 Å². The molecule has 56 heavy (non-hydrogen) atoms. The molecule has 14 unspecified atom stereocenters. The summed E-state index contributed by atoms with van der Waals surface area (Å²) in [6, 6.07) is 0.274. The first-order chi connectivity index (χ1) is 25.6. The van der Waals surface area contributed by atoms with E-state index in [4.69, 9.17) is 18.9 Å². The molecule has 4 heterocycles. The van der Waals surface area contributed by atoms with Crippen LogP contribution in [-0.2, 0) is 38.1 Å². The van der Waals surface area contributed by atoms with Crippen LogP contribution in [0, 0.1) is 35.5 Å². The van der Waals surface area contributed by atoms with E-state index in [-0.39, 0.29) is 70.0 Å². The Labute approximate surface area is 338 Å². The molecule has 0 bridgehead atoms. The third-order valence-corrected chi connectivity index (χ3v) is 13.8. The van der Waals surface area contributed by atoms with Gasteiger partial charge in [0.2, 0.25) is 0 Å². The van der Waals surface area contributed by atoms with Gasteiger partial charge in [-0.05, 0) is 83.1 Å². The van der Waals surface area contributed by atoms with Crippen molar-refractivity contribution in [2.45, 2.75) is 220 Å². The molecule has 0 aliphatic carbocycles. The van der Waals surface area contributed by atoms with E-state index in [1.807, 2.05) is 27.7 Å². The summed E-state index contributed by atoms with van der Waals surface area (Å²) in [6.45, 7) is 33.0. The molecule has 4 rings (SSSR count). The van der Waals surface area contributed by atoms with Crippen LogP contribution in [-0.4, -0.2) is 94.6 Å². The van der Waals surface area contributed by atoms with E-state index in [9.17, 15) is 19.2 Å². The monoisotopic (exact) mass is 791 g/mol. The van der Waals surface area contributed by atoms with E-state index in [1.165, 1.54) is 0 Å². The summed E-state index contributed by atoms with van der Waals surface area (Å²) in [6.07, 6.45) is -0.391. The number of carbonyl (C=O) groups is 4. The van der Waals surface area contributed by atoms with Crippen LogP contribution in [0.15, 0.2) is 0 Å². The molecule has 322 valence electrons. The molecular formula is C44H78N4O8. The smallest absolute Gasteiger partial charge is 0.310 e. The van der Waals surface area contributed by atoms with Crippen LogP contribution in [0.5, 0.6) is 0 Å². The standard InChI is InChI=1S/C44H78N4O8/c1-23-27(5)45-41(9,10)19-33(23)53-37(49)17-31(39(51)55-35-21-43(13,14)47-29(7)25(35)3)32(40(52)56-36-22-44(15,16)48-30(8)26(36)4)18-38(50)54-34-20-42(11,12)46-28(6)24(34)2/h23-36,45-48H,17-22H2,1-16H3. The zero-order valence-electron chi connectivity index (χ0n) is 37.6. The second kappa shape index (κ2) is 17.5. The second-order valence-electron chi connectivity index (χ2n) is 21.1. The van der Waals surface area contributed by atoms with Crippen LogP contribution in [0.3, 0.4) is 0 Å². The third kappa shape index (κ3) is 11.9. The Hall–Kier alpha value is -2.28. The molecule has 0 radical (unpaired) electrons. The summed E-state index contributed by atoms with van der Waals surface area (Å²) >= 11 is 0. The molecule has 0 spiro atoms. The predicted molar refractivity (Wildman–Crippen MR) is 218 cm³/mol. The minimum absolute atomic E-state index is 0.0118. The molecule has 12 nitrogen and oxygen atoms in total.